The van der Waals surface area contributed by atoms with E-state index in [1.807, 2.05) is 6.20 Å². The first-order chi connectivity index (χ1) is 29.2. The zero-order valence-corrected chi connectivity index (χ0v) is 34.8. The van der Waals surface area contributed by atoms with E-state index in [0.29, 0.717) is 6.04 Å². The summed E-state index contributed by atoms with van der Waals surface area (Å²) in [4.78, 5) is 7.49. The Morgan fingerprint density at radius 2 is 1.13 bits per heavy atom. The number of anilines is 3. The van der Waals surface area contributed by atoms with Gasteiger partial charge < -0.3 is 4.90 Å². The summed E-state index contributed by atoms with van der Waals surface area (Å²) in [6.45, 7) is 11.3. The van der Waals surface area contributed by atoms with Gasteiger partial charge in [0.2, 0.25) is 0 Å². The second kappa shape index (κ2) is 14.9. The quantitative estimate of drug-likeness (QED) is 0.144. The minimum absolute atomic E-state index is 0.0299. The molecule has 0 saturated carbocycles. The van der Waals surface area contributed by atoms with Crippen LogP contribution in [0.5, 0.6) is 0 Å². The van der Waals surface area contributed by atoms with Crippen LogP contribution >= 0.6 is 0 Å². The average molecular weight is 779 g/mol. The van der Waals surface area contributed by atoms with Gasteiger partial charge in [-0.15, -0.1) is 0 Å². The molecule has 10 rings (SSSR count). The summed E-state index contributed by atoms with van der Waals surface area (Å²) >= 11 is 0. The fraction of sp³-hybridized carbons (Fsp3) is 0.127. The van der Waals surface area contributed by atoms with Gasteiger partial charge in [-0.05, 0) is 90.6 Å². The van der Waals surface area contributed by atoms with E-state index in [4.69, 9.17) is 4.98 Å². The van der Waals surface area contributed by atoms with Crippen LogP contribution < -0.4 is 4.90 Å². The topological polar surface area (TPSA) is 30.9 Å². The predicted molar refractivity (Wildman–Crippen MR) is 252 cm³/mol. The number of aromatic nitrogens is 4. The highest BCUT2D eigenvalue weighted by atomic mass is 15.2. The maximum Gasteiger partial charge on any atom is 0.191 e. The average Bonchev–Trinajstić information content (AvgIpc) is 3.84. The summed E-state index contributed by atoms with van der Waals surface area (Å²) in [7, 11) is 0. The van der Waals surface area contributed by atoms with Gasteiger partial charge in [-0.3, -0.25) is 4.57 Å². The van der Waals surface area contributed by atoms with Crippen LogP contribution in [0, 0.1) is 0 Å². The molecule has 0 atom stereocenters. The van der Waals surface area contributed by atoms with Gasteiger partial charge in [0.1, 0.15) is 11.5 Å². The lowest BCUT2D eigenvalue weighted by atomic mass is 9.88. The maximum absolute atomic E-state index is 5.02. The number of fused-ring (bicyclic) bond motifs is 4. The molecule has 0 saturated heterocycles. The maximum atomic E-state index is 5.02. The molecule has 10 aromatic rings. The Morgan fingerprint density at radius 1 is 0.533 bits per heavy atom. The third kappa shape index (κ3) is 6.43. The molecule has 0 fully saturated rings. The number of hydrogen-bond acceptors (Lipinski definition) is 2. The third-order valence-corrected chi connectivity index (χ3v) is 11.8. The van der Waals surface area contributed by atoms with Crippen molar-refractivity contribution in [1.29, 1.82) is 0 Å². The monoisotopic (exact) mass is 778 g/mol. The van der Waals surface area contributed by atoms with Gasteiger partial charge >= 0.3 is 0 Å². The summed E-state index contributed by atoms with van der Waals surface area (Å²) in [5.41, 5.74) is 14.7. The van der Waals surface area contributed by atoms with Crippen molar-refractivity contribution in [3.8, 4) is 33.8 Å². The van der Waals surface area contributed by atoms with Crippen molar-refractivity contribution in [3.05, 3.63) is 200 Å². The molecule has 7 aromatic carbocycles. The van der Waals surface area contributed by atoms with E-state index < -0.39 is 0 Å². The predicted octanol–water partition coefficient (Wildman–Crippen LogP) is 14.9. The first-order valence-electron chi connectivity index (χ1n) is 20.9. The van der Waals surface area contributed by atoms with Crippen molar-refractivity contribution in [2.75, 3.05) is 4.90 Å². The molecule has 0 unspecified atom stereocenters. The smallest absolute Gasteiger partial charge is 0.191 e. The zero-order chi connectivity index (χ0) is 41.0. The lowest BCUT2D eigenvalue weighted by molar-refractivity contribution is 0.588. The Bertz CT molecular complexity index is 3110. The van der Waals surface area contributed by atoms with Crippen LogP contribution in [0.4, 0.5) is 17.1 Å². The van der Waals surface area contributed by atoms with Crippen molar-refractivity contribution in [2.24, 2.45) is 0 Å². The molecular weight excluding hydrogens is 731 g/mol. The van der Waals surface area contributed by atoms with Crippen molar-refractivity contribution in [1.82, 2.24) is 18.7 Å². The van der Waals surface area contributed by atoms with E-state index >= 15 is 0 Å². The molecule has 0 aliphatic carbocycles. The molecule has 5 heteroatoms. The Morgan fingerprint density at radius 3 is 1.82 bits per heavy atom. The second-order valence-electron chi connectivity index (χ2n) is 17.0. The van der Waals surface area contributed by atoms with Crippen molar-refractivity contribution < 1.29 is 0 Å². The molecule has 0 bridgehead atoms. The van der Waals surface area contributed by atoms with Crippen LogP contribution in [0.25, 0.3) is 66.6 Å². The van der Waals surface area contributed by atoms with E-state index in [1.165, 1.54) is 27.4 Å². The van der Waals surface area contributed by atoms with E-state index in [2.05, 4.69) is 242 Å². The molecule has 60 heavy (non-hydrogen) atoms. The van der Waals surface area contributed by atoms with Crippen LogP contribution in [0.1, 0.15) is 46.2 Å². The van der Waals surface area contributed by atoms with Gasteiger partial charge in [0.25, 0.3) is 0 Å². The van der Waals surface area contributed by atoms with Crippen LogP contribution in [-0.4, -0.2) is 18.7 Å². The summed E-state index contributed by atoms with van der Waals surface area (Å²) < 4.78 is 7.02. The number of pyridine rings is 1. The van der Waals surface area contributed by atoms with Crippen LogP contribution in [0.2, 0.25) is 0 Å². The molecule has 3 heterocycles. The highest BCUT2D eigenvalue weighted by Gasteiger charge is 2.26. The largest absolute Gasteiger partial charge is 0.308 e. The molecule has 0 aliphatic heterocycles. The molecular formula is C55H48N5+. The summed E-state index contributed by atoms with van der Waals surface area (Å²) in [5, 5.41) is 2.38. The van der Waals surface area contributed by atoms with Gasteiger partial charge in [-0.2, -0.15) is 4.57 Å². The molecule has 5 nitrogen and oxygen atoms in total. The Balaban J connectivity index is 1.29. The standard InChI is InChI=1S/C55H48N5/c1-38(2)57-37-58(51-29-15-14-28-50(51)57)42-22-16-23-43(35-42)59(54-45(39-18-8-6-9-19-39)25-17-26-46(54)40-20-10-7-11-21-40)44-30-31-48-47-24-12-13-27-49(47)60(52(48)36-44)53-34-41(32-33-56-53)55(3,4)5/h6-38H,1-5H3/q+1. The normalized spacial score (nSPS) is 11.9. The van der Waals surface area contributed by atoms with Crippen LogP contribution in [-0.2, 0) is 5.41 Å². The van der Waals surface area contributed by atoms with Crippen molar-refractivity contribution in [2.45, 2.75) is 46.1 Å². The number of para-hydroxylation sites is 4. The molecule has 3 aromatic heterocycles. The SMILES string of the molecule is CC(C)n1[cH+]n(-c2cccc(N(c3ccc4c5ccccc5n(-c5cc(C(C)(C)C)ccn5)c4c3)c3c(-c4ccccc4)cccc3-c3ccccc3)c2)c2ccccc21. The zero-order valence-electron chi connectivity index (χ0n) is 34.8. The Labute approximate surface area is 352 Å². The molecule has 0 N–H and O–H groups in total. The number of hydrogen-bond donors (Lipinski definition) is 0. The second-order valence-corrected chi connectivity index (χ2v) is 17.0. The Kier molecular flexibility index (Phi) is 9.17. The molecule has 0 amide bonds. The van der Waals surface area contributed by atoms with Crippen molar-refractivity contribution in [3.63, 3.8) is 0 Å². The van der Waals surface area contributed by atoms with Crippen LogP contribution in [0.3, 0.4) is 0 Å². The number of benzene rings is 7. The van der Waals surface area contributed by atoms with E-state index in [-0.39, 0.29) is 5.41 Å². The first-order valence-corrected chi connectivity index (χ1v) is 20.9. The summed E-state index contributed by atoms with van der Waals surface area (Å²) in [6.07, 6.45) is 4.20. The lowest BCUT2D eigenvalue weighted by Gasteiger charge is -2.30. The summed E-state index contributed by atoms with van der Waals surface area (Å²) in [5.74, 6) is 0.909. The summed E-state index contributed by atoms with van der Waals surface area (Å²) in [6, 6.07) is 66.3. The molecule has 292 valence electrons. The Hall–Kier alpha value is -7.24. The van der Waals surface area contributed by atoms with Gasteiger partial charge in [0, 0.05) is 58.0 Å². The fourth-order valence-corrected chi connectivity index (χ4v) is 8.78. The number of nitrogens with zero attached hydrogens (tertiary/aromatic N) is 5. The minimum atomic E-state index is -0.0299. The number of rotatable bonds is 8. The molecule has 0 aliphatic rings. The third-order valence-electron chi connectivity index (χ3n) is 11.8. The van der Waals surface area contributed by atoms with E-state index in [9.17, 15) is 0 Å². The van der Waals surface area contributed by atoms with Crippen LogP contribution in [0.15, 0.2) is 195 Å². The molecule has 0 radical (unpaired) electrons. The van der Waals surface area contributed by atoms with Crippen molar-refractivity contribution >= 4 is 49.9 Å². The number of imidazole rings is 1. The fourth-order valence-electron chi connectivity index (χ4n) is 8.78. The highest BCUT2D eigenvalue weighted by Crippen LogP contribution is 2.48. The van der Waals surface area contributed by atoms with Gasteiger partial charge in [0.05, 0.1) is 28.5 Å². The van der Waals surface area contributed by atoms with Gasteiger partial charge in [0.15, 0.2) is 17.4 Å². The molecule has 0 spiro atoms. The lowest BCUT2D eigenvalue weighted by Crippen LogP contribution is -2.14. The highest BCUT2D eigenvalue weighted by molar-refractivity contribution is 6.11. The minimum Gasteiger partial charge on any atom is -0.308 e. The van der Waals surface area contributed by atoms with E-state index in [0.717, 1.165) is 61.9 Å². The van der Waals surface area contributed by atoms with E-state index in [1.54, 1.807) is 0 Å². The van der Waals surface area contributed by atoms with Gasteiger partial charge in [-0.25, -0.2) is 9.55 Å². The van der Waals surface area contributed by atoms with Gasteiger partial charge in [-0.1, -0.05) is 124 Å². The first kappa shape index (κ1) is 37.1.